The van der Waals surface area contributed by atoms with Crippen LogP contribution in [0.15, 0.2) is 24.4 Å². The highest BCUT2D eigenvalue weighted by Crippen LogP contribution is 2.22. The van der Waals surface area contributed by atoms with Crippen molar-refractivity contribution < 1.29 is 4.39 Å². The maximum Gasteiger partial charge on any atom is 0.126 e. The van der Waals surface area contributed by atoms with E-state index in [0.717, 1.165) is 17.8 Å². The molecular formula is C13H17FN4. The summed E-state index contributed by atoms with van der Waals surface area (Å²) in [6.07, 6.45) is 1.71. The third-order valence-corrected chi connectivity index (χ3v) is 3.06. The number of rotatable bonds is 4. The van der Waals surface area contributed by atoms with E-state index in [1.54, 1.807) is 29.9 Å². The minimum absolute atomic E-state index is 0.102. The molecule has 18 heavy (non-hydrogen) atoms. The lowest BCUT2D eigenvalue weighted by Gasteiger charge is -2.17. The number of nitrogens with one attached hydrogen (secondary N) is 1. The molecule has 4 nitrogen and oxygen atoms in total. The van der Waals surface area contributed by atoms with Crippen LogP contribution in [0.1, 0.15) is 29.8 Å². The SMILES string of the molecule is CCn1nncc1C(NC)c1ccc(C)c(F)c1. The molecule has 0 amide bonds. The van der Waals surface area contributed by atoms with Gasteiger partial charge in [0.05, 0.1) is 17.9 Å². The van der Waals surface area contributed by atoms with Gasteiger partial charge in [-0.3, -0.25) is 0 Å². The van der Waals surface area contributed by atoms with E-state index >= 15 is 0 Å². The van der Waals surface area contributed by atoms with Crippen LogP contribution in [0.5, 0.6) is 0 Å². The topological polar surface area (TPSA) is 42.7 Å². The molecule has 0 radical (unpaired) electrons. The van der Waals surface area contributed by atoms with Gasteiger partial charge in [0.2, 0.25) is 0 Å². The number of aryl methyl sites for hydroxylation is 2. The largest absolute Gasteiger partial charge is 0.308 e. The summed E-state index contributed by atoms with van der Waals surface area (Å²) in [4.78, 5) is 0. The lowest BCUT2D eigenvalue weighted by Crippen LogP contribution is -2.21. The minimum atomic E-state index is -0.191. The highest BCUT2D eigenvalue weighted by Gasteiger charge is 2.17. The van der Waals surface area contributed by atoms with Crippen LogP contribution < -0.4 is 5.32 Å². The maximum absolute atomic E-state index is 13.6. The van der Waals surface area contributed by atoms with Crippen molar-refractivity contribution in [3.05, 3.63) is 47.0 Å². The van der Waals surface area contributed by atoms with Gasteiger partial charge in [-0.15, -0.1) is 5.10 Å². The molecule has 2 aromatic rings. The Hall–Kier alpha value is -1.75. The first kappa shape index (κ1) is 12.7. The van der Waals surface area contributed by atoms with Crippen LogP contribution in [0.4, 0.5) is 4.39 Å². The number of halogens is 1. The van der Waals surface area contributed by atoms with Crippen LogP contribution in [-0.2, 0) is 6.54 Å². The molecular weight excluding hydrogens is 231 g/mol. The average Bonchev–Trinajstić information content (AvgIpc) is 2.83. The van der Waals surface area contributed by atoms with Gasteiger partial charge in [-0.2, -0.15) is 0 Å². The van der Waals surface area contributed by atoms with Crippen LogP contribution in [0, 0.1) is 12.7 Å². The quantitative estimate of drug-likeness (QED) is 0.900. The van der Waals surface area contributed by atoms with Gasteiger partial charge < -0.3 is 5.32 Å². The van der Waals surface area contributed by atoms with Crippen molar-refractivity contribution >= 4 is 0 Å². The number of hydrogen-bond donors (Lipinski definition) is 1. The summed E-state index contributed by atoms with van der Waals surface area (Å²) in [6.45, 7) is 4.49. The Morgan fingerprint density at radius 2 is 2.22 bits per heavy atom. The molecule has 1 atom stereocenters. The van der Waals surface area contributed by atoms with Crippen LogP contribution in [0.3, 0.4) is 0 Å². The van der Waals surface area contributed by atoms with E-state index in [1.165, 1.54) is 0 Å². The van der Waals surface area contributed by atoms with E-state index in [2.05, 4.69) is 15.6 Å². The molecule has 0 aliphatic carbocycles. The zero-order chi connectivity index (χ0) is 13.1. The fourth-order valence-corrected chi connectivity index (χ4v) is 2.01. The summed E-state index contributed by atoms with van der Waals surface area (Å²) >= 11 is 0. The number of hydrogen-bond acceptors (Lipinski definition) is 3. The summed E-state index contributed by atoms with van der Waals surface area (Å²) in [7, 11) is 1.84. The summed E-state index contributed by atoms with van der Waals surface area (Å²) in [5.74, 6) is -0.191. The smallest absolute Gasteiger partial charge is 0.126 e. The van der Waals surface area contributed by atoms with E-state index in [-0.39, 0.29) is 11.9 Å². The normalized spacial score (nSPS) is 12.7. The molecule has 0 saturated carbocycles. The third kappa shape index (κ3) is 2.26. The molecule has 96 valence electrons. The van der Waals surface area contributed by atoms with Crippen molar-refractivity contribution in [1.29, 1.82) is 0 Å². The summed E-state index contributed by atoms with van der Waals surface area (Å²) in [5.41, 5.74) is 2.46. The molecule has 0 spiro atoms. The van der Waals surface area contributed by atoms with E-state index in [4.69, 9.17) is 0 Å². The molecule has 0 aliphatic rings. The van der Waals surface area contributed by atoms with Gasteiger partial charge in [0, 0.05) is 6.54 Å². The first-order valence-corrected chi connectivity index (χ1v) is 5.99. The Bertz CT molecular complexity index is 536. The first-order chi connectivity index (χ1) is 8.67. The summed E-state index contributed by atoms with van der Waals surface area (Å²) < 4.78 is 15.4. The predicted octanol–water partition coefficient (Wildman–Crippen LogP) is 2.05. The van der Waals surface area contributed by atoms with Crippen molar-refractivity contribution in [2.45, 2.75) is 26.4 Å². The molecule has 0 saturated heterocycles. The van der Waals surface area contributed by atoms with Gasteiger partial charge >= 0.3 is 0 Å². The average molecular weight is 248 g/mol. The van der Waals surface area contributed by atoms with Crippen LogP contribution in [0.2, 0.25) is 0 Å². The number of aromatic nitrogens is 3. The molecule has 1 aromatic heterocycles. The van der Waals surface area contributed by atoms with Crippen molar-refractivity contribution in [3.8, 4) is 0 Å². The van der Waals surface area contributed by atoms with Gasteiger partial charge in [-0.1, -0.05) is 17.3 Å². The van der Waals surface area contributed by atoms with Gasteiger partial charge in [-0.05, 0) is 38.1 Å². The zero-order valence-corrected chi connectivity index (χ0v) is 10.8. The maximum atomic E-state index is 13.6. The number of benzene rings is 1. The van der Waals surface area contributed by atoms with Gasteiger partial charge in [0.25, 0.3) is 0 Å². The second-order valence-corrected chi connectivity index (χ2v) is 4.20. The molecule has 2 rings (SSSR count). The van der Waals surface area contributed by atoms with Crippen molar-refractivity contribution in [2.24, 2.45) is 0 Å². The fourth-order valence-electron chi connectivity index (χ4n) is 2.01. The lowest BCUT2D eigenvalue weighted by atomic mass is 10.0. The van der Waals surface area contributed by atoms with E-state index in [1.807, 2.05) is 20.0 Å². The van der Waals surface area contributed by atoms with Crippen LogP contribution in [0.25, 0.3) is 0 Å². The van der Waals surface area contributed by atoms with Gasteiger partial charge in [0.15, 0.2) is 0 Å². The highest BCUT2D eigenvalue weighted by molar-refractivity contribution is 5.30. The summed E-state index contributed by atoms with van der Waals surface area (Å²) in [6, 6.07) is 5.17. The second-order valence-electron chi connectivity index (χ2n) is 4.20. The van der Waals surface area contributed by atoms with Gasteiger partial charge in [0.1, 0.15) is 5.82 Å². The molecule has 1 unspecified atom stereocenters. The Morgan fingerprint density at radius 1 is 1.44 bits per heavy atom. The fraction of sp³-hybridized carbons (Fsp3) is 0.385. The Balaban J connectivity index is 2.42. The van der Waals surface area contributed by atoms with Crippen molar-refractivity contribution in [2.75, 3.05) is 7.05 Å². The molecule has 0 fully saturated rings. The third-order valence-electron chi connectivity index (χ3n) is 3.06. The minimum Gasteiger partial charge on any atom is -0.308 e. The van der Waals surface area contributed by atoms with Crippen LogP contribution >= 0.6 is 0 Å². The number of nitrogens with zero attached hydrogens (tertiary/aromatic N) is 3. The lowest BCUT2D eigenvalue weighted by molar-refractivity contribution is 0.548. The Kier molecular flexibility index (Phi) is 3.72. The highest BCUT2D eigenvalue weighted by atomic mass is 19.1. The predicted molar refractivity (Wildman–Crippen MR) is 67.7 cm³/mol. The Morgan fingerprint density at radius 3 is 2.83 bits per heavy atom. The Labute approximate surface area is 106 Å². The molecule has 0 bridgehead atoms. The molecule has 1 heterocycles. The zero-order valence-electron chi connectivity index (χ0n) is 10.8. The molecule has 5 heteroatoms. The molecule has 1 N–H and O–H groups in total. The molecule has 1 aromatic carbocycles. The summed E-state index contributed by atoms with van der Waals surface area (Å²) in [5, 5.41) is 11.1. The van der Waals surface area contributed by atoms with E-state index < -0.39 is 0 Å². The van der Waals surface area contributed by atoms with Crippen molar-refractivity contribution in [1.82, 2.24) is 20.3 Å². The second kappa shape index (κ2) is 5.27. The standard InChI is InChI=1S/C13H17FN4/c1-4-18-12(8-16-17-18)13(15-3)10-6-5-9(2)11(14)7-10/h5-8,13,15H,4H2,1-3H3. The monoisotopic (exact) mass is 248 g/mol. The van der Waals surface area contributed by atoms with E-state index in [9.17, 15) is 4.39 Å². The molecule has 0 aliphatic heterocycles. The van der Waals surface area contributed by atoms with Crippen molar-refractivity contribution in [3.63, 3.8) is 0 Å². The van der Waals surface area contributed by atoms with Crippen LogP contribution in [-0.4, -0.2) is 22.0 Å². The van der Waals surface area contributed by atoms with E-state index in [0.29, 0.717) is 5.56 Å². The van der Waals surface area contributed by atoms with Gasteiger partial charge in [-0.25, -0.2) is 9.07 Å². The first-order valence-electron chi connectivity index (χ1n) is 5.99.